The van der Waals surface area contributed by atoms with E-state index in [9.17, 15) is 10.1 Å². The minimum atomic E-state index is -0.428. The highest BCUT2D eigenvalue weighted by Gasteiger charge is 2.32. The molecule has 2 aliphatic rings. The molecule has 0 amide bonds. The molecule has 0 N–H and O–H groups in total. The van der Waals surface area contributed by atoms with E-state index in [0.717, 1.165) is 31.0 Å². The number of hydrogen-bond acceptors (Lipinski definition) is 6. The van der Waals surface area contributed by atoms with Crippen LogP contribution >= 0.6 is 11.8 Å². The topological polar surface area (TPSA) is 68.0 Å². The summed E-state index contributed by atoms with van der Waals surface area (Å²) in [7, 11) is 0. The molecule has 0 spiro atoms. The van der Waals surface area contributed by atoms with Crippen molar-refractivity contribution < 1.29 is 9.66 Å². The van der Waals surface area contributed by atoms with Gasteiger partial charge < -0.3 is 9.64 Å². The second-order valence-electron chi connectivity index (χ2n) is 6.56. The van der Waals surface area contributed by atoms with Crippen molar-refractivity contribution in [2.75, 3.05) is 12.9 Å². The lowest BCUT2D eigenvalue weighted by atomic mass is 9.92. The summed E-state index contributed by atoms with van der Waals surface area (Å²) in [5, 5.41) is 11.4. The third-order valence-corrected chi connectivity index (χ3v) is 4.65. The molecule has 2 heterocycles. The zero-order valence-corrected chi connectivity index (χ0v) is 15.5. The van der Waals surface area contributed by atoms with E-state index in [4.69, 9.17) is 4.74 Å². The molecular formula is C17H25N3O3S. The van der Waals surface area contributed by atoms with Gasteiger partial charge in [0.2, 0.25) is 5.90 Å². The molecule has 1 atom stereocenters. The van der Waals surface area contributed by atoms with Crippen molar-refractivity contribution in [2.24, 2.45) is 10.9 Å². The van der Waals surface area contributed by atoms with Crippen LogP contribution in [0.2, 0.25) is 0 Å². The molecule has 0 aliphatic carbocycles. The summed E-state index contributed by atoms with van der Waals surface area (Å²) in [4.78, 5) is 16.9. The van der Waals surface area contributed by atoms with Crippen LogP contribution in [-0.2, 0) is 4.74 Å². The van der Waals surface area contributed by atoms with Crippen LogP contribution in [0.1, 0.15) is 40.0 Å². The molecular weight excluding hydrogens is 326 g/mol. The van der Waals surface area contributed by atoms with E-state index >= 15 is 0 Å². The maximum atomic E-state index is 10.8. The molecule has 2 aliphatic heterocycles. The predicted octanol–water partition coefficient (Wildman–Crippen LogP) is 4.15. The fourth-order valence-electron chi connectivity index (χ4n) is 2.66. The van der Waals surface area contributed by atoms with Gasteiger partial charge in [-0.25, -0.2) is 4.99 Å². The summed E-state index contributed by atoms with van der Waals surface area (Å²) >= 11 is 1.34. The first-order chi connectivity index (χ1) is 11.4. The van der Waals surface area contributed by atoms with Crippen LogP contribution in [0.25, 0.3) is 0 Å². The van der Waals surface area contributed by atoms with Gasteiger partial charge in [0.15, 0.2) is 0 Å². The number of nitrogens with zero attached hydrogens (tertiary/aromatic N) is 3. The van der Waals surface area contributed by atoms with Crippen LogP contribution in [0.3, 0.4) is 0 Å². The Morgan fingerprint density at radius 2 is 2.38 bits per heavy atom. The number of nitro groups is 1. The van der Waals surface area contributed by atoms with E-state index < -0.39 is 4.92 Å². The van der Waals surface area contributed by atoms with Gasteiger partial charge in [-0.05, 0) is 26.5 Å². The molecule has 0 radical (unpaired) electrons. The van der Waals surface area contributed by atoms with Gasteiger partial charge in [-0.2, -0.15) is 0 Å². The second-order valence-corrected chi connectivity index (χ2v) is 7.38. The molecule has 132 valence electrons. The van der Waals surface area contributed by atoms with Crippen molar-refractivity contribution in [3.63, 3.8) is 0 Å². The first-order valence-electron chi connectivity index (χ1n) is 8.17. The summed E-state index contributed by atoms with van der Waals surface area (Å²) < 4.78 is 5.82. The van der Waals surface area contributed by atoms with Crippen LogP contribution in [0, 0.1) is 16.0 Å². The fourth-order valence-corrected chi connectivity index (χ4v) is 3.18. The lowest BCUT2D eigenvalue weighted by molar-refractivity contribution is -0.403. The van der Waals surface area contributed by atoms with Crippen molar-refractivity contribution in [3.05, 3.63) is 45.4 Å². The second kappa shape index (κ2) is 7.88. The van der Waals surface area contributed by atoms with Gasteiger partial charge in [0.1, 0.15) is 11.6 Å². The summed E-state index contributed by atoms with van der Waals surface area (Å²) in [5.41, 5.74) is 0.774. The SMILES string of the molecule is CCCCC1C=CN(/C(=C/[N+](=O)[O-])SC)C=C1C1=NC(C)(C)CO1. The Kier molecular flexibility index (Phi) is 6.10. The first kappa shape index (κ1) is 18.6. The molecule has 0 saturated carbocycles. The molecule has 1 unspecified atom stereocenters. The van der Waals surface area contributed by atoms with E-state index in [0.29, 0.717) is 17.5 Å². The van der Waals surface area contributed by atoms with Gasteiger partial charge >= 0.3 is 0 Å². The van der Waals surface area contributed by atoms with Crippen LogP contribution in [0.4, 0.5) is 0 Å². The van der Waals surface area contributed by atoms with Crippen molar-refractivity contribution >= 4 is 17.7 Å². The predicted molar refractivity (Wildman–Crippen MR) is 98.1 cm³/mol. The third kappa shape index (κ3) is 4.63. The quantitative estimate of drug-likeness (QED) is 0.509. The van der Waals surface area contributed by atoms with Gasteiger partial charge in [-0.1, -0.05) is 25.8 Å². The van der Waals surface area contributed by atoms with E-state index in [2.05, 4.69) is 18.0 Å². The van der Waals surface area contributed by atoms with Gasteiger partial charge in [-0.3, -0.25) is 10.1 Å². The van der Waals surface area contributed by atoms with Crippen molar-refractivity contribution in [1.82, 2.24) is 4.90 Å². The molecule has 0 bridgehead atoms. The minimum absolute atomic E-state index is 0.226. The normalized spacial score (nSPS) is 22.9. The summed E-state index contributed by atoms with van der Waals surface area (Å²) in [6.07, 6.45) is 12.0. The van der Waals surface area contributed by atoms with Crippen LogP contribution in [-0.4, -0.2) is 34.1 Å². The van der Waals surface area contributed by atoms with Crippen molar-refractivity contribution in [2.45, 2.75) is 45.6 Å². The van der Waals surface area contributed by atoms with Crippen LogP contribution in [0.15, 0.2) is 40.3 Å². The monoisotopic (exact) mass is 351 g/mol. The number of allylic oxidation sites excluding steroid dienone is 1. The van der Waals surface area contributed by atoms with Gasteiger partial charge in [0.05, 0.1) is 10.5 Å². The van der Waals surface area contributed by atoms with E-state index in [-0.39, 0.29) is 11.5 Å². The smallest absolute Gasteiger partial charge is 0.264 e. The van der Waals surface area contributed by atoms with Gasteiger partial charge in [-0.15, -0.1) is 11.8 Å². The lowest BCUT2D eigenvalue weighted by Gasteiger charge is -2.26. The molecule has 0 aromatic rings. The molecule has 0 saturated heterocycles. The van der Waals surface area contributed by atoms with Crippen molar-refractivity contribution in [1.29, 1.82) is 0 Å². The van der Waals surface area contributed by atoms with E-state index in [1.165, 1.54) is 11.8 Å². The highest BCUT2D eigenvalue weighted by atomic mass is 32.2. The zero-order valence-electron chi connectivity index (χ0n) is 14.7. The largest absolute Gasteiger partial charge is 0.475 e. The lowest BCUT2D eigenvalue weighted by Crippen LogP contribution is -2.22. The highest BCUT2D eigenvalue weighted by Crippen LogP contribution is 2.33. The van der Waals surface area contributed by atoms with Gasteiger partial charge in [0, 0.05) is 23.9 Å². The number of rotatable bonds is 7. The Labute approximate surface area is 147 Å². The third-order valence-electron chi connectivity index (χ3n) is 3.92. The zero-order chi connectivity index (χ0) is 17.7. The Morgan fingerprint density at radius 1 is 1.62 bits per heavy atom. The standard InChI is InChI=1S/C17H25N3O3S/c1-5-6-7-13-8-9-19(15(24-4)11-20(21)22)10-14(13)16-18-17(2,3)12-23-16/h8-11,13H,5-7,12H2,1-4H3/b15-11-. The average molecular weight is 351 g/mol. The maximum Gasteiger partial charge on any atom is 0.264 e. The molecule has 0 aromatic carbocycles. The first-order valence-corrected chi connectivity index (χ1v) is 9.39. The summed E-state index contributed by atoms with van der Waals surface area (Å²) in [5.74, 6) is 0.893. The maximum absolute atomic E-state index is 10.8. The molecule has 6 nitrogen and oxygen atoms in total. The molecule has 0 fully saturated rings. The molecule has 7 heteroatoms. The van der Waals surface area contributed by atoms with Gasteiger partial charge in [0.25, 0.3) is 6.20 Å². The Morgan fingerprint density at radius 3 is 2.92 bits per heavy atom. The van der Waals surface area contributed by atoms with E-state index in [1.807, 2.05) is 32.5 Å². The van der Waals surface area contributed by atoms with Crippen LogP contribution in [0.5, 0.6) is 0 Å². The summed E-state index contributed by atoms with van der Waals surface area (Å²) in [6, 6.07) is 0. The average Bonchev–Trinajstić information content (AvgIpc) is 2.90. The minimum Gasteiger partial charge on any atom is -0.475 e. The summed E-state index contributed by atoms with van der Waals surface area (Å²) in [6.45, 7) is 6.81. The number of unbranched alkanes of at least 4 members (excludes halogenated alkanes) is 1. The van der Waals surface area contributed by atoms with Crippen LogP contribution < -0.4 is 0 Å². The molecule has 2 rings (SSSR count). The highest BCUT2D eigenvalue weighted by molar-refractivity contribution is 8.02. The number of aliphatic imine (C=N–C) groups is 1. The number of ether oxygens (including phenoxy) is 1. The Hall–Kier alpha value is -1.76. The fraction of sp³-hybridized carbons (Fsp3) is 0.588. The number of hydrogen-bond donors (Lipinski definition) is 0. The Bertz CT molecular complexity index is 608. The number of thioether (sulfide) groups is 1. The Balaban J connectivity index is 2.33. The molecule has 24 heavy (non-hydrogen) atoms. The molecule has 0 aromatic heterocycles. The van der Waals surface area contributed by atoms with E-state index in [1.54, 1.807) is 4.90 Å². The van der Waals surface area contributed by atoms with Crippen molar-refractivity contribution in [3.8, 4) is 0 Å².